The van der Waals surface area contributed by atoms with E-state index < -0.39 is 0 Å². The minimum atomic E-state index is 0.639. The van der Waals surface area contributed by atoms with Gasteiger partial charge in [0.05, 0.1) is 0 Å². The van der Waals surface area contributed by atoms with Crippen molar-refractivity contribution in [1.29, 1.82) is 0 Å². The van der Waals surface area contributed by atoms with Crippen molar-refractivity contribution in [2.45, 2.75) is 110 Å². The second-order valence-corrected chi connectivity index (χ2v) is 7.17. The highest BCUT2D eigenvalue weighted by Gasteiger charge is 2.23. The maximum atomic E-state index is 2.57. The molecular formula is C21H42N2. The van der Waals surface area contributed by atoms with E-state index in [-0.39, 0.29) is 0 Å². The Bertz CT molecular complexity index is 288. The van der Waals surface area contributed by atoms with E-state index in [2.05, 4.69) is 43.0 Å². The van der Waals surface area contributed by atoms with E-state index in [1.54, 1.807) is 0 Å². The summed E-state index contributed by atoms with van der Waals surface area (Å²) in [5, 5.41) is 0. The summed E-state index contributed by atoms with van der Waals surface area (Å²) in [6.07, 6.45) is 23.5. The average molecular weight is 323 g/mol. The Hall–Kier alpha value is -0.660. The van der Waals surface area contributed by atoms with Gasteiger partial charge in [-0.1, -0.05) is 78.1 Å². The maximum Gasteiger partial charge on any atom is 0.101 e. The Labute approximate surface area is 146 Å². The van der Waals surface area contributed by atoms with Crippen LogP contribution in [0.2, 0.25) is 0 Å². The van der Waals surface area contributed by atoms with Crippen LogP contribution in [0.3, 0.4) is 0 Å². The normalized spacial score (nSPS) is 17.4. The van der Waals surface area contributed by atoms with Crippen molar-refractivity contribution in [3.05, 3.63) is 12.4 Å². The zero-order chi connectivity index (χ0) is 16.8. The van der Waals surface area contributed by atoms with E-state index in [1.807, 2.05) is 0 Å². The smallest absolute Gasteiger partial charge is 0.101 e. The van der Waals surface area contributed by atoms with Gasteiger partial charge in [-0.25, -0.2) is 0 Å². The van der Waals surface area contributed by atoms with Crippen molar-refractivity contribution in [1.82, 2.24) is 9.80 Å². The lowest BCUT2D eigenvalue weighted by Crippen LogP contribution is -2.38. The number of nitrogens with zero attached hydrogens (tertiary/aromatic N) is 2. The quantitative estimate of drug-likeness (QED) is 0.316. The van der Waals surface area contributed by atoms with Gasteiger partial charge >= 0.3 is 0 Å². The maximum absolute atomic E-state index is 2.57. The van der Waals surface area contributed by atoms with Crippen LogP contribution < -0.4 is 0 Å². The van der Waals surface area contributed by atoms with E-state index >= 15 is 0 Å². The summed E-state index contributed by atoms with van der Waals surface area (Å²) in [5.41, 5.74) is 0. The summed E-state index contributed by atoms with van der Waals surface area (Å²) >= 11 is 0. The van der Waals surface area contributed by atoms with Crippen LogP contribution in [-0.2, 0) is 0 Å². The molecule has 0 aromatic carbocycles. The lowest BCUT2D eigenvalue weighted by atomic mass is 10.0. The molecule has 0 saturated heterocycles. The van der Waals surface area contributed by atoms with Gasteiger partial charge in [0.2, 0.25) is 0 Å². The first kappa shape index (κ1) is 20.4. The minimum Gasteiger partial charge on any atom is -0.356 e. The van der Waals surface area contributed by atoms with Crippen LogP contribution in [0.1, 0.15) is 104 Å². The summed E-state index contributed by atoms with van der Waals surface area (Å²) < 4.78 is 0. The van der Waals surface area contributed by atoms with E-state index in [4.69, 9.17) is 0 Å². The third-order valence-electron chi connectivity index (χ3n) is 5.17. The van der Waals surface area contributed by atoms with Crippen molar-refractivity contribution in [3.8, 4) is 0 Å². The molecule has 0 saturated carbocycles. The van der Waals surface area contributed by atoms with Gasteiger partial charge in [0.1, 0.15) is 6.17 Å². The lowest BCUT2D eigenvalue weighted by Gasteiger charge is -2.32. The van der Waals surface area contributed by atoms with Crippen molar-refractivity contribution in [2.75, 3.05) is 13.1 Å². The summed E-state index contributed by atoms with van der Waals surface area (Å²) in [6.45, 7) is 9.23. The molecule has 0 bridgehead atoms. The first-order chi connectivity index (χ1) is 11.3. The molecule has 136 valence electrons. The largest absolute Gasteiger partial charge is 0.356 e. The van der Waals surface area contributed by atoms with Gasteiger partial charge < -0.3 is 9.80 Å². The van der Waals surface area contributed by atoms with Gasteiger partial charge in [-0.15, -0.1) is 0 Å². The lowest BCUT2D eigenvalue weighted by molar-refractivity contribution is 0.143. The molecule has 0 aliphatic carbocycles. The Kier molecular flexibility index (Phi) is 12.2. The average Bonchev–Trinajstić information content (AvgIpc) is 2.96. The molecule has 0 radical (unpaired) electrons. The van der Waals surface area contributed by atoms with Crippen molar-refractivity contribution < 1.29 is 0 Å². The van der Waals surface area contributed by atoms with Crippen LogP contribution in [0.25, 0.3) is 0 Å². The van der Waals surface area contributed by atoms with E-state index in [0.717, 1.165) is 6.54 Å². The monoisotopic (exact) mass is 322 g/mol. The molecule has 0 fully saturated rings. The van der Waals surface area contributed by atoms with Gasteiger partial charge in [0.25, 0.3) is 0 Å². The summed E-state index contributed by atoms with van der Waals surface area (Å²) in [5.74, 6) is 0. The Morgan fingerprint density at radius 3 is 1.70 bits per heavy atom. The zero-order valence-electron chi connectivity index (χ0n) is 16.2. The minimum absolute atomic E-state index is 0.639. The second-order valence-electron chi connectivity index (χ2n) is 7.17. The molecule has 0 N–H and O–H groups in total. The predicted octanol–water partition coefficient (Wildman–Crippen LogP) is 6.53. The fraction of sp³-hybridized carbons (Fsp3) is 0.905. The summed E-state index contributed by atoms with van der Waals surface area (Å²) in [4.78, 5) is 5.09. The molecule has 1 rings (SSSR count). The number of rotatable bonds is 15. The first-order valence-corrected chi connectivity index (χ1v) is 10.5. The van der Waals surface area contributed by atoms with Crippen LogP contribution in [-0.4, -0.2) is 29.1 Å². The van der Waals surface area contributed by atoms with E-state index in [9.17, 15) is 0 Å². The van der Waals surface area contributed by atoms with Gasteiger partial charge in [-0.3, -0.25) is 0 Å². The highest BCUT2D eigenvalue weighted by atomic mass is 15.4. The molecule has 1 unspecified atom stereocenters. The highest BCUT2D eigenvalue weighted by molar-refractivity contribution is 4.96. The van der Waals surface area contributed by atoms with E-state index in [0.29, 0.717) is 6.17 Å². The zero-order valence-corrected chi connectivity index (χ0v) is 16.2. The van der Waals surface area contributed by atoms with Crippen LogP contribution in [0.15, 0.2) is 12.4 Å². The first-order valence-electron chi connectivity index (χ1n) is 10.5. The fourth-order valence-corrected chi connectivity index (χ4v) is 3.59. The van der Waals surface area contributed by atoms with Crippen molar-refractivity contribution in [2.24, 2.45) is 0 Å². The molecule has 1 aliphatic rings. The van der Waals surface area contributed by atoms with Crippen LogP contribution in [0.4, 0.5) is 0 Å². The molecule has 23 heavy (non-hydrogen) atoms. The SMILES string of the molecule is CCCCCCCCCCCCC1N(CC)C=CN1CCCC. The molecule has 1 aliphatic heterocycles. The van der Waals surface area contributed by atoms with Gasteiger partial charge in [0, 0.05) is 25.5 Å². The summed E-state index contributed by atoms with van der Waals surface area (Å²) in [7, 11) is 0. The van der Waals surface area contributed by atoms with Crippen LogP contribution in [0.5, 0.6) is 0 Å². The molecule has 0 amide bonds. The second kappa shape index (κ2) is 13.7. The Morgan fingerprint density at radius 1 is 0.609 bits per heavy atom. The molecule has 0 spiro atoms. The van der Waals surface area contributed by atoms with Gasteiger partial charge in [-0.2, -0.15) is 0 Å². The standard InChI is InChI=1S/C21H42N2/c1-4-7-9-10-11-12-13-14-15-16-17-21-22(6-3)19-20-23(21)18-8-5-2/h19-21H,4-18H2,1-3H3. The predicted molar refractivity (Wildman–Crippen MR) is 103 cm³/mol. The molecule has 1 heterocycles. The Balaban J connectivity index is 2.04. The number of hydrogen-bond donors (Lipinski definition) is 0. The fourth-order valence-electron chi connectivity index (χ4n) is 3.59. The topological polar surface area (TPSA) is 6.48 Å². The van der Waals surface area contributed by atoms with Crippen LogP contribution >= 0.6 is 0 Å². The molecule has 2 nitrogen and oxygen atoms in total. The molecule has 0 aromatic heterocycles. The molecule has 1 atom stereocenters. The molecular weight excluding hydrogens is 280 g/mol. The third-order valence-corrected chi connectivity index (χ3v) is 5.17. The van der Waals surface area contributed by atoms with Crippen molar-refractivity contribution in [3.63, 3.8) is 0 Å². The van der Waals surface area contributed by atoms with E-state index in [1.165, 1.54) is 90.0 Å². The van der Waals surface area contributed by atoms with Gasteiger partial charge in [0.15, 0.2) is 0 Å². The highest BCUT2D eigenvalue weighted by Crippen LogP contribution is 2.22. The van der Waals surface area contributed by atoms with Crippen molar-refractivity contribution >= 4 is 0 Å². The molecule has 0 aromatic rings. The number of hydrogen-bond acceptors (Lipinski definition) is 2. The summed E-state index contributed by atoms with van der Waals surface area (Å²) in [6, 6.07) is 0. The third kappa shape index (κ3) is 8.67. The number of unbranched alkanes of at least 4 members (excludes halogenated alkanes) is 10. The van der Waals surface area contributed by atoms with Crippen LogP contribution in [0, 0.1) is 0 Å². The van der Waals surface area contributed by atoms with Gasteiger partial charge in [-0.05, 0) is 26.2 Å². The Morgan fingerprint density at radius 2 is 1.13 bits per heavy atom. The molecule has 2 heteroatoms.